The number of hydrogen-bond acceptors (Lipinski definition) is 1. The second-order valence-corrected chi connectivity index (χ2v) is 1.75. The number of ether oxygens (including phenoxy) is 1. The van der Waals surface area contributed by atoms with Crippen LogP contribution in [0.15, 0.2) is 0 Å². The van der Waals surface area contributed by atoms with Gasteiger partial charge in [-0.1, -0.05) is 11.6 Å². The van der Waals surface area contributed by atoms with E-state index in [4.69, 9.17) is 16.3 Å². The van der Waals surface area contributed by atoms with Crippen LogP contribution in [0.4, 0.5) is 4.39 Å². The zero-order valence-electron chi connectivity index (χ0n) is 4.95. The molecule has 0 aliphatic rings. The van der Waals surface area contributed by atoms with Crippen LogP contribution in [0.5, 0.6) is 0 Å². The van der Waals surface area contributed by atoms with Crippen molar-refractivity contribution in [3.63, 3.8) is 0 Å². The van der Waals surface area contributed by atoms with Gasteiger partial charge in [0.15, 0.2) is 0 Å². The van der Waals surface area contributed by atoms with Crippen LogP contribution in [0, 0.1) is 5.63 Å². The summed E-state index contributed by atoms with van der Waals surface area (Å²) < 4.78 is 16.6. The van der Waals surface area contributed by atoms with E-state index in [0.717, 1.165) is 0 Å². The van der Waals surface area contributed by atoms with Gasteiger partial charge in [0.1, 0.15) is 6.10 Å². The minimum Gasteiger partial charge on any atom is -0.374 e. The molecular weight excluding hydrogens is 131 g/mol. The van der Waals surface area contributed by atoms with Gasteiger partial charge in [0.2, 0.25) is 0 Å². The largest absolute Gasteiger partial charge is 0.374 e. The van der Waals surface area contributed by atoms with Crippen molar-refractivity contribution in [1.82, 2.24) is 0 Å². The first-order valence-electron chi connectivity index (χ1n) is 2.48. The summed E-state index contributed by atoms with van der Waals surface area (Å²) in [5.74, 6) is 0. The molecule has 1 atom stereocenters. The molecule has 0 saturated heterocycles. The average molecular weight is 140 g/mol. The van der Waals surface area contributed by atoms with Crippen LogP contribution in [-0.4, -0.2) is 12.7 Å². The van der Waals surface area contributed by atoms with E-state index >= 15 is 0 Å². The van der Waals surface area contributed by atoms with E-state index in [0.29, 0.717) is 6.61 Å². The SMILES string of the molecule is CCOC(C)[C](F)Cl. The van der Waals surface area contributed by atoms with Crippen molar-refractivity contribution in [2.75, 3.05) is 6.61 Å². The van der Waals surface area contributed by atoms with Crippen molar-refractivity contribution >= 4 is 11.6 Å². The second kappa shape index (κ2) is 4.10. The Morgan fingerprint density at radius 2 is 2.38 bits per heavy atom. The quantitative estimate of drug-likeness (QED) is 0.582. The Kier molecular flexibility index (Phi) is 4.19. The van der Waals surface area contributed by atoms with Crippen molar-refractivity contribution in [2.24, 2.45) is 0 Å². The fourth-order valence-electron chi connectivity index (χ4n) is 0.313. The maximum atomic E-state index is 11.8. The van der Waals surface area contributed by atoms with E-state index in [1.54, 1.807) is 13.8 Å². The van der Waals surface area contributed by atoms with E-state index in [1.807, 2.05) is 0 Å². The highest BCUT2D eigenvalue weighted by Crippen LogP contribution is 2.15. The predicted octanol–water partition coefficient (Wildman–Crippen LogP) is 2.11. The van der Waals surface area contributed by atoms with Gasteiger partial charge in [-0.3, -0.25) is 0 Å². The number of hydrogen-bond donors (Lipinski definition) is 0. The van der Waals surface area contributed by atoms with Crippen LogP contribution in [0.25, 0.3) is 0 Å². The summed E-state index contributed by atoms with van der Waals surface area (Å²) in [6.45, 7) is 3.84. The van der Waals surface area contributed by atoms with Crippen LogP contribution in [-0.2, 0) is 4.74 Å². The normalized spacial score (nSPS) is 14.6. The monoisotopic (exact) mass is 139 g/mol. The molecule has 0 saturated carbocycles. The Balaban J connectivity index is 3.17. The van der Waals surface area contributed by atoms with Crippen molar-refractivity contribution in [3.05, 3.63) is 5.63 Å². The van der Waals surface area contributed by atoms with Crippen LogP contribution >= 0.6 is 11.6 Å². The third-order valence-corrected chi connectivity index (χ3v) is 1.03. The number of rotatable bonds is 3. The Bertz CT molecular complexity index is 58.4. The summed E-state index contributed by atoms with van der Waals surface area (Å²) in [5.41, 5.74) is -0.688. The average Bonchev–Trinajstić information content (AvgIpc) is 1.67. The molecule has 0 aliphatic heterocycles. The van der Waals surface area contributed by atoms with Gasteiger partial charge in [-0.15, -0.1) is 0 Å². The smallest absolute Gasteiger partial charge is 0.259 e. The standard InChI is InChI=1S/C5H9ClFO/c1-3-8-4(2)5(6)7/h4H,3H2,1-2H3. The first kappa shape index (κ1) is 8.18. The van der Waals surface area contributed by atoms with E-state index in [1.165, 1.54) is 0 Å². The Labute approximate surface area is 53.8 Å². The van der Waals surface area contributed by atoms with E-state index in [9.17, 15) is 4.39 Å². The molecule has 0 fully saturated rings. The molecule has 1 unspecified atom stereocenters. The highest BCUT2D eigenvalue weighted by atomic mass is 35.5. The molecule has 0 amide bonds. The molecule has 0 aromatic heterocycles. The minimum atomic E-state index is -0.688. The van der Waals surface area contributed by atoms with E-state index < -0.39 is 11.7 Å². The molecule has 49 valence electrons. The summed E-state index contributed by atoms with van der Waals surface area (Å²) in [7, 11) is 0. The van der Waals surface area contributed by atoms with Crippen LogP contribution in [0.2, 0.25) is 0 Å². The van der Waals surface area contributed by atoms with Gasteiger partial charge in [-0.25, -0.2) is 4.39 Å². The molecule has 0 N–H and O–H groups in total. The Morgan fingerprint density at radius 3 is 2.50 bits per heavy atom. The van der Waals surface area contributed by atoms with E-state index in [2.05, 4.69) is 0 Å². The summed E-state index contributed by atoms with van der Waals surface area (Å²) in [6, 6.07) is 0. The molecule has 3 heteroatoms. The summed E-state index contributed by atoms with van der Waals surface area (Å²) in [5, 5.41) is 0. The van der Waals surface area contributed by atoms with Gasteiger partial charge >= 0.3 is 0 Å². The molecule has 1 radical (unpaired) electrons. The Morgan fingerprint density at radius 1 is 1.88 bits per heavy atom. The summed E-state index contributed by atoms with van der Waals surface area (Å²) in [4.78, 5) is 0. The first-order valence-corrected chi connectivity index (χ1v) is 2.85. The maximum Gasteiger partial charge on any atom is 0.259 e. The third-order valence-electron chi connectivity index (χ3n) is 0.724. The first-order chi connectivity index (χ1) is 3.68. The molecule has 0 rings (SSSR count). The van der Waals surface area contributed by atoms with Gasteiger partial charge in [-0.05, 0) is 13.8 Å². The molecule has 8 heavy (non-hydrogen) atoms. The summed E-state index contributed by atoms with van der Waals surface area (Å²) >= 11 is 4.93. The second-order valence-electron chi connectivity index (χ2n) is 1.39. The zero-order valence-corrected chi connectivity index (χ0v) is 5.70. The zero-order chi connectivity index (χ0) is 6.57. The molecule has 0 aromatic rings. The molecule has 0 bridgehead atoms. The van der Waals surface area contributed by atoms with Gasteiger partial charge < -0.3 is 4.74 Å². The third kappa shape index (κ3) is 3.22. The van der Waals surface area contributed by atoms with Crippen LogP contribution < -0.4 is 0 Å². The van der Waals surface area contributed by atoms with Crippen LogP contribution in [0.3, 0.4) is 0 Å². The molecule has 1 nitrogen and oxygen atoms in total. The van der Waals surface area contributed by atoms with Gasteiger partial charge in [0.05, 0.1) is 0 Å². The van der Waals surface area contributed by atoms with Crippen molar-refractivity contribution < 1.29 is 9.13 Å². The fourth-order valence-corrected chi connectivity index (χ4v) is 0.376. The van der Waals surface area contributed by atoms with Crippen molar-refractivity contribution in [3.8, 4) is 0 Å². The molecule has 0 spiro atoms. The summed E-state index contributed by atoms with van der Waals surface area (Å²) in [6.07, 6.45) is -0.568. The molecule has 0 aromatic carbocycles. The lowest BCUT2D eigenvalue weighted by Crippen LogP contribution is -2.10. The number of halogens is 2. The maximum absolute atomic E-state index is 11.8. The van der Waals surface area contributed by atoms with Gasteiger partial charge in [-0.2, -0.15) is 0 Å². The lowest BCUT2D eigenvalue weighted by Gasteiger charge is -2.07. The minimum absolute atomic E-state index is 0.487. The van der Waals surface area contributed by atoms with Gasteiger partial charge in [0.25, 0.3) is 5.63 Å². The molecular formula is C5H9ClFO. The van der Waals surface area contributed by atoms with Crippen LogP contribution in [0.1, 0.15) is 13.8 Å². The van der Waals surface area contributed by atoms with Gasteiger partial charge in [0, 0.05) is 6.61 Å². The lowest BCUT2D eigenvalue weighted by atomic mass is 10.4. The highest BCUT2D eigenvalue weighted by molar-refractivity contribution is 6.26. The molecule has 0 heterocycles. The Hall–Kier alpha value is 0.180. The van der Waals surface area contributed by atoms with Crippen molar-refractivity contribution in [1.29, 1.82) is 0 Å². The lowest BCUT2D eigenvalue weighted by molar-refractivity contribution is 0.0744. The van der Waals surface area contributed by atoms with E-state index in [-0.39, 0.29) is 0 Å². The molecule has 0 aliphatic carbocycles. The fraction of sp³-hybridized carbons (Fsp3) is 0.800. The highest BCUT2D eigenvalue weighted by Gasteiger charge is 2.13. The van der Waals surface area contributed by atoms with Crippen molar-refractivity contribution in [2.45, 2.75) is 20.0 Å². The topological polar surface area (TPSA) is 9.23 Å². The predicted molar refractivity (Wildman–Crippen MR) is 31.3 cm³/mol.